The highest BCUT2D eigenvalue weighted by molar-refractivity contribution is 8.13. The number of ether oxygens (including phenoxy) is 1. The maximum atomic E-state index is 13.2. The molecule has 0 atom stereocenters. The van der Waals surface area contributed by atoms with Crippen LogP contribution >= 0.6 is 10.7 Å². The lowest BCUT2D eigenvalue weighted by molar-refractivity contribution is 0.0764. The molecule has 3 saturated carbocycles. The van der Waals surface area contributed by atoms with Gasteiger partial charge in [0.15, 0.2) is 0 Å². The van der Waals surface area contributed by atoms with Crippen LogP contribution < -0.4 is 10.6 Å². The van der Waals surface area contributed by atoms with Gasteiger partial charge in [-0.3, -0.25) is 9.80 Å². The molecule has 73 heavy (non-hydrogen) atoms. The van der Waals surface area contributed by atoms with Crippen LogP contribution in [0.25, 0.3) is 0 Å². The number of anilines is 4. The number of H-pyrrole nitrogens is 1. The fraction of sp³-hybridized carbons (Fsp3) is 0.698. The molecule has 0 radical (unpaired) electrons. The quantitative estimate of drug-likeness (QED) is 0.0620. The summed E-state index contributed by atoms with van der Waals surface area (Å²) in [5.74, 6) is 0.714. The molecule has 14 rings (SSSR count). The molecule has 20 heteroatoms. The first-order valence-corrected chi connectivity index (χ1v) is 35.2. The van der Waals surface area contributed by atoms with E-state index in [2.05, 4.69) is 77.5 Å². The maximum absolute atomic E-state index is 13.2. The number of aromatic amines is 1. The molecule has 2 aromatic heterocycles. The highest BCUT2D eigenvalue weighted by Gasteiger charge is 2.54. The zero-order valence-corrected chi connectivity index (χ0v) is 46.7. The van der Waals surface area contributed by atoms with Gasteiger partial charge in [0.25, 0.3) is 29.4 Å². The molecular formula is C53H76ClN11O5S2Si. The van der Waals surface area contributed by atoms with Crippen molar-refractivity contribution in [2.24, 2.45) is 10.8 Å². The van der Waals surface area contributed by atoms with Crippen molar-refractivity contribution < 1.29 is 21.6 Å². The third-order valence-corrected chi connectivity index (χ3v) is 22.4. The lowest BCUT2D eigenvalue weighted by Gasteiger charge is -2.46. The Labute approximate surface area is 438 Å². The number of benzene rings is 2. The minimum atomic E-state index is -4.03. The van der Waals surface area contributed by atoms with E-state index < -0.39 is 32.3 Å². The minimum Gasteiger partial charge on any atom is -0.359 e. The average molecular weight is 1070 g/mol. The number of likely N-dealkylation sites (tertiary alicyclic amines) is 2. The highest BCUT2D eigenvalue weighted by Crippen LogP contribution is 2.50. The SMILES string of the molecule is C1CC2(C1)CCN(C1CC1)C2.C[Si](C)(C)CCOCn1nc(S(=O)(=O)Cl)nc1Nc1c2c(cc3c1CCC3)CCC2.O=S(=O)(c1nc(Nc2c3c(cc4c2CCC4)CCC3)n[nH]1)N1CC2(CCN(C3CC3)C2)C1. The molecular weight excluding hydrogens is 998 g/mol. The standard InChI is InChI=1S/C23H30N6O2S.C20H29ClN4O3SSi.C10H17N/c30-32(31,29-13-23(14-29)9-10-28(12-23)17-7-8-17)22-25-21(26-27-22)24-20-18-5-1-3-15(18)11-16-4-2-6-19(16)20;1-30(2,3)11-10-28-13-25-19(23-20(24-25)29(21,26)27)22-18-16-8-4-6-14(16)12-15-7-5-9-17(15)18;1-4-10(5-1)6-7-11(8-10)9-2-3-9/h11,17H,1-10,12-14H2,(H2,24,25,26,27);12H,4-11,13H2,1-3H3,(H,22,23,24);9H,1-8H2. The zero-order chi connectivity index (χ0) is 50.3. The van der Waals surface area contributed by atoms with Crippen LogP contribution in [0.15, 0.2) is 22.4 Å². The van der Waals surface area contributed by atoms with E-state index >= 15 is 0 Å². The van der Waals surface area contributed by atoms with Crippen LogP contribution in [0.5, 0.6) is 0 Å². The molecule has 10 aliphatic rings. The number of aryl methyl sites for hydroxylation is 4. The first kappa shape index (κ1) is 50.4. The monoisotopic (exact) mass is 1070 g/mol. The van der Waals surface area contributed by atoms with Crippen molar-refractivity contribution in [3.63, 3.8) is 0 Å². The first-order valence-electron chi connectivity index (χ1n) is 27.8. The summed E-state index contributed by atoms with van der Waals surface area (Å²) in [4.78, 5) is 13.9. The number of hydrogen-bond donors (Lipinski definition) is 3. The summed E-state index contributed by atoms with van der Waals surface area (Å²) in [5, 5.41) is 17.4. The Hall–Kier alpha value is -3.43. The van der Waals surface area contributed by atoms with Gasteiger partial charge in [0, 0.05) is 80.4 Å². The number of hydrogen-bond acceptors (Lipinski definition) is 13. The predicted molar refractivity (Wildman–Crippen MR) is 287 cm³/mol. The van der Waals surface area contributed by atoms with E-state index in [1.807, 2.05) is 0 Å². The second-order valence-electron chi connectivity index (χ2n) is 24.7. The Balaban J connectivity index is 0.000000123. The topological polar surface area (TPSA) is 184 Å². The molecule has 396 valence electrons. The molecule has 16 nitrogen and oxygen atoms in total. The number of rotatable bonds is 14. The molecule has 2 spiro atoms. The smallest absolute Gasteiger partial charge is 0.298 e. The van der Waals surface area contributed by atoms with Gasteiger partial charge in [0.1, 0.15) is 6.73 Å². The number of fused-ring (bicyclic) bond motifs is 4. The molecule has 3 saturated heterocycles. The van der Waals surface area contributed by atoms with E-state index in [1.54, 1.807) is 4.31 Å². The van der Waals surface area contributed by atoms with Crippen molar-refractivity contribution in [2.75, 3.05) is 56.5 Å². The van der Waals surface area contributed by atoms with Gasteiger partial charge in [-0.2, -0.15) is 14.3 Å². The van der Waals surface area contributed by atoms with Gasteiger partial charge in [-0.1, -0.05) is 38.2 Å². The zero-order valence-electron chi connectivity index (χ0n) is 43.3. The summed E-state index contributed by atoms with van der Waals surface area (Å²) in [6.45, 7) is 13.8. The summed E-state index contributed by atoms with van der Waals surface area (Å²) >= 11 is 0. The van der Waals surface area contributed by atoms with Crippen molar-refractivity contribution in [1.29, 1.82) is 0 Å². The summed E-state index contributed by atoms with van der Waals surface area (Å²) < 4.78 is 58.9. The number of halogens is 1. The van der Waals surface area contributed by atoms with Crippen LogP contribution in [0.2, 0.25) is 25.7 Å². The fourth-order valence-corrected chi connectivity index (χ4v) is 16.3. The maximum Gasteiger partial charge on any atom is 0.298 e. The van der Waals surface area contributed by atoms with Crippen LogP contribution in [-0.2, 0) is 81.9 Å². The minimum absolute atomic E-state index is 0.0453. The predicted octanol–water partition coefficient (Wildman–Crippen LogP) is 8.65. The lowest BCUT2D eigenvalue weighted by atomic mass is 9.68. The molecule has 0 bridgehead atoms. The molecule has 2 aromatic carbocycles. The van der Waals surface area contributed by atoms with Gasteiger partial charge in [-0.25, -0.2) is 26.6 Å². The normalized spacial score (nSPS) is 22.8. The van der Waals surface area contributed by atoms with Gasteiger partial charge < -0.3 is 15.4 Å². The Bertz CT molecular complexity index is 2910. The third-order valence-electron chi connectivity index (χ3n) is 18.0. The van der Waals surface area contributed by atoms with Crippen LogP contribution in [-0.4, -0.2) is 127 Å². The molecule has 6 fully saturated rings. The molecule has 4 aromatic rings. The van der Waals surface area contributed by atoms with E-state index in [0.29, 0.717) is 31.6 Å². The Kier molecular flexibility index (Phi) is 13.5. The van der Waals surface area contributed by atoms with E-state index in [-0.39, 0.29) is 17.3 Å². The lowest BCUT2D eigenvalue weighted by Crippen LogP contribution is -2.59. The van der Waals surface area contributed by atoms with Crippen molar-refractivity contribution >= 4 is 61.1 Å². The average Bonchev–Trinajstić information content (AvgIpc) is 3.88. The van der Waals surface area contributed by atoms with Crippen molar-refractivity contribution in [3.8, 4) is 0 Å². The Morgan fingerprint density at radius 2 is 1.21 bits per heavy atom. The van der Waals surface area contributed by atoms with E-state index in [1.165, 1.54) is 126 Å². The number of sulfonamides is 1. The summed E-state index contributed by atoms with van der Waals surface area (Å²) in [6, 6.07) is 7.54. The van der Waals surface area contributed by atoms with Crippen LogP contribution in [0.3, 0.4) is 0 Å². The number of aromatic nitrogens is 6. The third kappa shape index (κ3) is 10.6. The van der Waals surface area contributed by atoms with Gasteiger partial charge >= 0.3 is 0 Å². The van der Waals surface area contributed by atoms with Crippen LogP contribution in [0.4, 0.5) is 23.3 Å². The van der Waals surface area contributed by atoms with Gasteiger partial charge in [-0.05, 0) is 197 Å². The Morgan fingerprint density at radius 3 is 1.68 bits per heavy atom. The van der Waals surface area contributed by atoms with E-state index in [9.17, 15) is 16.8 Å². The number of nitrogens with one attached hydrogen (secondary N) is 3. The molecule has 3 N–H and O–H groups in total. The highest BCUT2D eigenvalue weighted by atomic mass is 35.7. The van der Waals surface area contributed by atoms with E-state index in [4.69, 9.17) is 15.4 Å². The fourth-order valence-electron chi connectivity index (χ4n) is 13.5. The van der Waals surface area contributed by atoms with Gasteiger partial charge in [-0.15, -0.1) is 10.2 Å². The molecule has 0 unspecified atom stereocenters. The van der Waals surface area contributed by atoms with Crippen LogP contribution in [0, 0.1) is 10.8 Å². The van der Waals surface area contributed by atoms with Crippen molar-refractivity contribution in [1.82, 2.24) is 44.1 Å². The summed E-state index contributed by atoms with van der Waals surface area (Å²) in [5.41, 5.74) is 14.2. The summed E-state index contributed by atoms with van der Waals surface area (Å²) in [6.07, 6.45) is 26.0. The molecule has 0 amide bonds. The number of nitrogens with zero attached hydrogens (tertiary/aromatic N) is 8. The van der Waals surface area contributed by atoms with Gasteiger partial charge in [0.2, 0.25) is 11.9 Å². The molecule has 3 aliphatic heterocycles. The second kappa shape index (κ2) is 19.5. The van der Waals surface area contributed by atoms with Crippen molar-refractivity contribution in [3.05, 3.63) is 56.6 Å². The first-order chi connectivity index (χ1) is 35.0. The van der Waals surface area contributed by atoms with Gasteiger partial charge in [0.05, 0.1) is 0 Å². The second-order valence-corrected chi connectivity index (χ2v) is 34.6. The van der Waals surface area contributed by atoms with E-state index in [0.717, 1.165) is 119 Å². The largest absolute Gasteiger partial charge is 0.359 e. The Morgan fingerprint density at radius 1 is 0.685 bits per heavy atom. The molecule has 5 heterocycles. The molecule has 7 aliphatic carbocycles. The van der Waals surface area contributed by atoms with Crippen molar-refractivity contribution in [2.45, 2.75) is 190 Å². The van der Waals surface area contributed by atoms with Crippen LogP contribution in [0.1, 0.15) is 128 Å². The summed E-state index contributed by atoms with van der Waals surface area (Å²) in [7, 11) is -3.36.